The van der Waals surface area contributed by atoms with Crippen molar-refractivity contribution < 1.29 is 9.59 Å². The number of carbonyl (C=O) groups excluding carboxylic acids is 2. The summed E-state index contributed by atoms with van der Waals surface area (Å²) in [7, 11) is 0. The van der Waals surface area contributed by atoms with Crippen LogP contribution in [0.5, 0.6) is 0 Å². The van der Waals surface area contributed by atoms with Gasteiger partial charge in [-0.15, -0.1) is 0 Å². The molecular formula is C24H27N3O2S. The molecule has 1 fully saturated rings. The summed E-state index contributed by atoms with van der Waals surface area (Å²) >= 11 is 1.54. The first-order valence-corrected chi connectivity index (χ1v) is 11.4. The number of benzene rings is 2. The summed E-state index contributed by atoms with van der Waals surface area (Å²) < 4.78 is 0. The van der Waals surface area contributed by atoms with E-state index in [1.165, 1.54) is 22.1 Å². The standard InChI is InChI=1S/C24H27N3O2S/c1-18(21-9-4-7-19-6-2-3-8-22(19)21)25-23(28)16-26-11-5-12-27(14-13-26)24(29)20-10-15-30-17-20/h2-4,6-10,15,17-18H,5,11-14,16H2,1H3,(H,25,28). The molecule has 30 heavy (non-hydrogen) atoms. The van der Waals surface area contributed by atoms with E-state index in [9.17, 15) is 9.59 Å². The highest BCUT2D eigenvalue weighted by molar-refractivity contribution is 7.08. The van der Waals surface area contributed by atoms with Crippen LogP contribution in [0, 0.1) is 0 Å². The zero-order valence-electron chi connectivity index (χ0n) is 17.2. The number of nitrogens with zero attached hydrogens (tertiary/aromatic N) is 2. The molecule has 2 heterocycles. The fraction of sp³-hybridized carbons (Fsp3) is 0.333. The number of thiophene rings is 1. The van der Waals surface area contributed by atoms with E-state index < -0.39 is 0 Å². The zero-order chi connectivity index (χ0) is 20.9. The van der Waals surface area contributed by atoms with Crippen molar-refractivity contribution in [1.29, 1.82) is 0 Å². The average molecular weight is 422 g/mol. The third-order valence-corrected chi connectivity index (χ3v) is 6.36. The van der Waals surface area contributed by atoms with Crippen molar-refractivity contribution in [2.45, 2.75) is 19.4 Å². The van der Waals surface area contributed by atoms with Crippen molar-refractivity contribution in [2.24, 2.45) is 0 Å². The van der Waals surface area contributed by atoms with Crippen LogP contribution in [-0.4, -0.2) is 54.3 Å². The summed E-state index contributed by atoms with van der Waals surface area (Å²) in [5.41, 5.74) is 1.89. The molecule has 1 atom stereocenters. The first kappa shape index (κ1) is 20.6. The molecule has 156 valence electrons. The van der Waals surface area contributed by atoms with Crippen molar-refractivity contribution >= 4 is 33.9 Å². The number of hydrogen-bond acceptors (Lipinski definition) is 4. The molecule has 1 unspecified atom stereocenters. The first-order valence-electron chi connectivity index (χ1n) is 10.4. The summed E-state index contributed by atoms with van der Waals surface area (Å²) in [6.07, 6.45) is 0.877. The van der Waals surface area contributed by atoms with Gasteiger partial charge in [-0.05, 0) is 41.1 Å². The summed E-state index contributed by atoms with van der Waals surface area (Å²) in [5, 5.41) is 9.33. The van der Waals surface area contributed by atoms with Crippen molar-refractivity contribution in [3.05, 3.63) is 70.4 Å². The molecule has 0 radical (unpaired) electrons. The Morgan fingerprint density at radius 3 is 2.70 bits per heavy atom. The molecule has 5 nitrogen and oxygen atoms in total. The molecule has 1 saturated heterocycles. The summed E-state index contributed by atoms with van der Waals surface area (Å²) in [5.74, 6) is 0.111. The van der Waals surface area contributed by atoms with Crippen molar-refractivity contribution in [3.8, 4) is 0 Å². The van der Waals surface area contributed by atoms with Gasteiger partial charge in [0.05, 0.1) is 18.2 Å². The molecule has 0 saturated carbocycles. The fourth-order valence-electron chi connectivity index (χ4n) is 4.10. The average Bonchev–Trinajstić information content (AvgIpc) is 3.20. The molecule has 1 aliphatic heterocycles. The van der Waals surface area contributed by atoms with E-state index >= 15 is 0 Å². The highest BCUT2D eigenvalue weighted by Crippen LogP contribution is 2.24. The lowest BCUT2D eigenvalue weighted by molar-refractivity contribution is -0.122. The van der Waals surface area contributed by atoms with Crippen LogP contribution in [0.3, 0.4) is 0 Å². The van der Waals surface area contributed by atoms with Crippen molar-refractivity contribution in [2.75, 3.05) is 32.7 Å². The van der Waals surface area contributed by atoms with Crippen LogP contribution >= 0.6 is 11.3 Å². The van der Waals surface area contributed by atoms with Crippen LogP contribution in [0.2, 0.25) is 0 Å². The lowest BCUT2D eigenvalue weighted by Gasteiger charge is -2.23. The summed E-state index contributed by atoms with van der Waals surface area (Å²) in [4.78, 5) is 29.3. The smallest absolute Gasteiger partial charge is 0.254 e. The number of nitrogens with one attached hydrogen (secondary N) is 1. The van der Waals surface area contributed by atoms with Crippen LogP contribution < -0.4 is 5.32 Å². The zero-order valence-corrected chi connectivity index (χ0v) is 18.0. The van der Waals surface area contributed by atoms with Gasteiger partial charge in [0.2, 0.25) is 5.91 Å². The van der Waals surface area contributed by atoms with Crippen LogP contribution in [0.15, 0.2) is 59.3 Å². The normalized spacial score (nSPS) is 16.2. The Hall–Kier alpha value is -2.70. The van der Waals surface area contributed by atoms with Gasteiger partial charge in [-0.2, -0.15) is 11.3 Å². The van der Waals surface area contributed by atoms with Crippen molar-refractivity contribution in [1.82, 2.24) is 15.1 Å². The highest BCUT2D eigenvalue weighted by atomic mass is 32.1. The van der Waals surface area contributed by atoms with E-state index in [4.69, 9.17) is 0 Å². The highest BCUT2D eigenvalue weighted by Gasteiger charge is 2.22. The molecule has 0 spiro atoms. The van der Waals surface area contributed by atoms with E-state index in [-0.39, 0.29) is 17.9 Å². The number of rotatable bonds is 5. The predicted octanol–water partition coefficient (Wildman–Crippen LogP) is 3.93. The van der Waals surface area contributed by atoms with Gasteiger partial charge in [-0.25, -0.2) is 0 Å². The van der Waals surface area contributed by atoms with E-state index in [1.807, 2.05) is 46.8 Å². The second-order valence-corrected chi connectivity index (χ2v) is 8.57. The molecule has 2 amide bonds. The maximum absolute atomic E-state index is 12.7. The SMILES string of the molecule is CC(NC(=O)CN1CCCN(C(=O)c2ccsc2)CC1)c1cccc2ccccc12. The maximum Gasteiger partial charge on any atom is 0.254 e. The Kier molecular flexibility index (Phi) is 6.45. The topological polar surface area (TPSA) is 52.7 Å². The Labute approximate surface area is 181 Å². The minimum Gasteiger partial charge on any atom is -0.348 e. The van der Waals surface area contributed by atoms with Gasteiger partial charge in [0, 0.05) is 31.6 Å². The van der Waals surface area contributed by atoms with E-state index in [0.717, 1.165) is 30.6 Å². The monoisotopic (exact) mass is 421 g/mol. The maximum atomic E-state index is 12.7. The minimum absolute atomic E-state index is 0.0213. The van der Waals surface area contributed by atoms with Gasteiger partial charge in [0.25, 0.3) is 5.91 Å². The molecule has 6 heteroatoms. The summed E-state index contributed by atoms with van der Waals surface area (Å²) in [6.45, 7) is 5.31. The molecule has 4 rings (SSSR count). The van der Waals surface area contributed by atoms with E-state index in [1.54, 1.807) is 0 Å². The number of fused-ring (bicyclic) bond motifs is 1. The quantitative estimate of drug-likeness (QED) is 0.679. The molecule has 0 aliphatic carbocycles. The van der Waals surface area contributed by atoms with Crippen LogP contribution in [0.25, 0.3) is 10.8 Å². The summed E-state index contributed by atoms with van der Waals surface area (Å²) in [6, 6.07) is 16.3. The Bertz CT molecular complexity index is 1010. The molecule has 0 bridgehead atoms. The third kappa shape index (κ3) is 4.71. The van der Waals surface area contributed by atoms with Gasteiger partial charge in [0.15, 0.2) is 0 Å². The molecular weight excluding hydrogens is 394 g/mol. The number of amides is 2. The van der Waals surface area contributed by atoms with E-state index in [2.05, 4.69) is 34.5 Å². The van der Waals surface area contributed by atoms with Gasteiger partial charge in [-0.1, -0.05) is 42.5 Å². The third-order valence-electron chi connectivity index (χ3n) is 5.68. The van der Waals surface area contributed by atoms with Crippen LogP contribution in [-0.2, 0) is 4.79 Å². The largest absolute Gasteiger partial charge is 0.348 e. The van der Waals surface area contributed by atoms with Gasteiger partial charge in [0.1, 0.15) is 0 Å². The molecule has 2 aromatic carbocycles. The predicted molar refractivity (Wildman–Crippen MR) is 122 cm³/mol. The fourth-order valence-corrected chi connectivity index (χ4v) is 4.73. The number of carbonyl (C=O) groups is 2. The molecule has 1 aliphatic rings. The van der Waals surface area contributed by atoms with Crippen LogP contribution in [0.1, 0.15) is 35.3 Å². The first-order chi connectivity index (χ1) is 14.6. The Morgan fingerprint density at radius 1 is 1.03 bits per heavy atom. The lowest BCUT2D eigenvalue weighted by Crippen LogP contribution is -2.40. The lowest BCUT2D eigenvalue weighted by atomic mass is 10.00. The van der Waals surface area contributed by atoms with Gasteiger partial charge < -0.3 is 10.2 Å². The Morgan fingerprint density at radius 2 is 1.87 bits per heavy atom. The van der Waals surface area contributed by atoms with E-state index in [0.29, 0.717) is 19.6 Å². The second kappa shape index (κ2) is 9.41. The number of hydrogen-bond donors (Lipinski definition) is 1. The molecule has 1 aromatic heterocycles. The van der Waals surface area contributed by atoms with Crippen molar-refractivity contribution in [3.63, 3.8) is 0 Å². The van der Waals surface area contributed by atoms with Gasteiger partial charge in [-0.3, -0.25) is 14.5 Å². The molecule has 1 N–H and O–H groups in total. The van der Waals surface area contributed by atoms with Crippen LogP contribution in [0.4, 0.5) is 0 Å². The van der Waals surface area contributed by atoms with Gasteiger partial charge >= 0.3 is 0 Å². The molecule has 3 aromatic rings. The minimum atomic E-state index is -0.0627. The Balaban J connectivity index is 1.33. The second-order valence-electron chi connectivity index (χ2n) is 7.79.